The van der Waals surface area contributed by atoms with Gasteiger partial charge in [-0.05, 0) is 110 Å². The summed E-state index contributed by atoms with van der Waals surface area (Å²) in [6.07, 6.45) is 0. The average Bonchev–Trinajstić information content (AvgIpc) is 3.72. The van der Waals surface area contributed by atoms with Crippen LogP contribution in [0.3, 0.4) is 0 Å². The summed E-state index contributed by atoms with van der Waals surface area (Å²) in [4.78, 5) is 7.38. The molecule has 1 aromatic heterocycles. The van der Waals surface area contributed by atoms with E-state index in [4.69, 9.17) is 9.40 Å². The van der Waals surface area contributed by atoms with Gasteiger partial charge in [0.25, 0.3) is 0 Å². The molecule has 0 radical (unpaired) electrons. The van der Waals surface area contributed by atoms with Crippen molar-refractivity contribution >= 4 is 71.3 Å². The fraction of sp³-hybridized carbons (Fsp3) is 0. The van der Waals surface area contributed by atoms with Gasteiger partial charge < -0.3 is 9.32 Å². The lowest BCUT2D eigenvalue weighted by atomic mass is 9.89. The first kappa shape index (κ1) is 32.0. The van der Waals surface area contributed by atoms with Crippen molar-refractivity contribution in [3.8, 4) is 33.7 Å². The smallest absolute Gasteiger partial charge is 0.227 e. The first-order valence-electron chi connectivity index (χ1n) is 19.0. The number of fused-ring (bicyclic) bond motifs is 8. The molecule has 11 aromatic rings. The summed E-state index contributed by atoms with van der Waals surface area (Å²) < 4.78 is 6.70. The van der Waals surface area contributed by atoms with Gasteiger partial charge in [0.1, 0.15) is 5.52 Å². The summed E-state index contributed by atoms with van der Waals surface area (Å²) >= 11 is 0. The highest BCUT2D eigenvalue weighted by molar-refractivity contribution is 6.29. The average molecular weight is 715 g/mol. The van der Waals surface area contributed by atoms with Crippen LogP contribution in [0, 0.1) is 0 Å². The Hall–Kier alpha value is -7.49. The van der Waals surface area contributed by atoms with Crippen molar-refractivity contribution in [2.24, 2.45) is 0 Å². The fourth-order valence-electron chi connectivity index (χ4n) is 8.42. The molecule has 1 heterocycles. The van der Waals surface area contributed by atoms with Crippen LogP contribution in [0.5, 0.6) is 0 Å². The first-order valence-corrected chi connectivity index (χ1v) is 19.0. The van der Waals surface area contributed by atoms with Crippen molar-refractivity contribution < 1.29 is 4.42 Å². The Morgan fingerprint density at radius 1 is 0.375 bits per heavy atom. The van der Waals surface area contributed by atoms with E-state index >= 15 is 0 Å². The predicted molar refractivity (Wildman–Crippen MR) is 235 cm³/mol. The number of hydrogen-bond acceptors (Lipinski definition) is 3. The number of benzene rings is 10. The van der Waals surface area contributed by atoms with Gasteiger partial charge in [0.2, 0.25) is 5.89 Å². The molecular formula is C53H34N2O. The van der Waals surface area contributed by atoms with Crippen LogP contribution in [0.15, 0.2) is 211 Å². The summed E-state index contributed by atoms with van der Waals surface area (Å²) in [5.41, 5.74) is 10.6. The molecule has 0 N–H and O–H groups in total. The third-order valence-electron chi connectivity index (χ3n) is 11.0. The fourth-order valence-corrected chi connectivity index (χ4v) is 8.42. The zero-order valence-corrected chi connectivity index (χ0v) is 30.4. The van der Waals surface area contributed by atoms with Crippen molar-refractivity contribution in [3.05, 3.63) is 206 Å². The van der Waals surface area contributed by atoms with Gasteiger partial charge in [0.05, 0.1) is 5.69 Å². The molecule has 10 aromatic carbocycles. The van der Waals surface area contributed by atoms with Crippen LogP contribution < -0.4 is 4.90 Å². The molecule has 0 atom stereocenters. The highest BCUT2D eigenvalue weighted by Gasteiger charge is 2.21. The number of rotatable bonds is 6. The summed E-state index contributed by atoms with van der Waals surface area (Å²) in [5, 5.41) is 9.25. The molecule has 56 heavy (non-hydrogen) atoms. The van der Waals surface area contributed by atoms with Gasteiger partial charge >= 0.3 is 0 Å². The van der Waals surface area contributed by atoms with Crippen LogP contribution in [0.25, 0.3) is 87.9 Å². The van der Waals surface area contributed by atoms with Crippen molar-refractivity contribution in [1.82, 2.24) is 4.98 Å². The van der Waals surface area contributed by atoms with Crippen LogP contribution in [0.1, 0.15) is 0 Å². The summed E-state index contributed by atoms with van der Waals surface area (Å²) in [6.45, 7) is 0. The quantitative estimate of drug-likeness (QED) is 0.161. The zero-order valence-electron chi connectivity index (χ0n) is 30.4. The number of anilines is 3. The first-order chi connectivity index (χ1) is 27.8. The largest absolute Gasteiger partial charge is 0.435 e. The number of oxazole rings is 1. The van der Waals surface area contributed by atoms with E-state index in [0.29, 0.717) is 5.89 Å². The van der Waals surface area contributed by atoms with Crippen LogP contribution in [0.4, 0.5) is 17.1 Å². The molecule has 0 amide bonds. The minimum atomic E-state index is 0.627. The molecule has 3 heteroatoms. The van der Waals surface area contributed by atoms with Crippen LogP contribution in [0.2, 0.25) is 0 Å². The second kappa shape index (κ2) is 13.1. The van der Waals surface area contributed by atoms with Gasteiger partial charge in [-0.2, -0.15) is 0 Å². The van der Waals surface area contributed by atoms with Gasteiger partial charge in [-0.15, -0.1) is 0 Å². The van der Waals surface area contributed by atoms with Gasteiger partial charge in [0, 0.05) is 33.1 Å². The summed E-state index contributed by atoms with van der Waals surface area (Å²) in [7, 11) is 0. The van der Waals surface area contributed by atoms with Crippen molar-refractivity contribution in [1.29, 1.82) is 0 Å². The van der Waals surface area contributed by atoms with E-state index in [-0.39, 0.29) is 0 Å². The second-order valence-electron chi connectivity index (χ2n) is 14.3. The molecule has 0 aliphatic rings. The molecule has 0 unspecified atom stereocenters. The standard InChI is InChI=1S/C53H34N2O/c1-4-15-35(16-5-1)38-21-14-24-43(32-38)55(42-22-8-3-9-23-42)49-34-41(31-39-19-10-12-25-44(39)49)47-33-40-20-11-13-26-45(40)51-46(47)29-27-36-28-30-48-52(50(36)51)56-53(54-48)37-17-6-2-7-18-37/h1-34H. The Balaban J connectivity index is 1.20. The van der Waals surface area contributed by atoms with Crippen LogP contribution >= 0.6 is 0 Å². The third-order valence-corrected chi connectivity index (χ3v) is 11.0. The molecule has 0 aliphatic heterocycles. The van der Waals surface area contributed by atoms with Crippen molar-refractivity contribution in [2.75, 3.05) is 4.90 Å². The molecular weight excluding hydrogens is 681 g/mol. The Kier molecular flexibility index (Phi) is 7.49. The monoisotopic (exact) mass is 714 g/mol. The van der Waals surface area contributed by atoms with Gasteiger partial charge in [0.15, 0.2) is 5.58 Å². The number of para-hydroxylation sites is 1. The molecule has 3 nitrogen and oxygen atoms in total. The van der Waals surface area contributed by atoms with E-state index < -0.39 is 0 Å². The normalized spacial score (nSPS) is 11.6. The van der Waals surface area contributed by atoms with Gasteiger partial charge in [-0.1, -0.05) is 146 Å². The maximum absolute atomic E-state index is 6.70. The van der Waals surface area contributed by atoms with E-state index in [1.807, 2.05) is 30.3 Å². The van der Waals surface area contributed by atoms with Crippen LogP contribution in [-0.4, -0.2) is 4.98 Å². The maximum atomic E-state index is 6.70. The molecule has 0 spiro atoms. The minimum Gasteiger partial charge on any atom is -0.435 e. The molecule has 0 saturated heterocycles. The predicted octanol–water partition coefficient (Wildman–Crippen LogP) is 14.9. The molecule has 0 saturated carbocycles. The molecule has 11 rings (SSSR count). The summed E-state index contributed by atoms with van der Waals surface area (Å²) in [5.74, 6) is 0.627. The van der Waals surface area contributed by atoms with E-state index in [0.717, 1.165) is 50.1 Å². The van der Waals surface area contributed by atoms with Crippen molar-refractivity contribution in [2.45, 2.75) is 0 Å². The maximum Gasteiger partial charge on any atom is 0.227 e. The highest BCUT2D eigenvalue weighted by Crippen LogP contribution is 2.46. The Morgan fingerprint density at radius 2 is 1.00 bits per heavy atom. The molecule has 0 aliphatic carbocycles. The third kappa shape index (κ3) is 5.32. The lowest BCUT2D eigenvalue weighted by molar-refractivity contribution is 0.623. The zero-order chi connectivity index (χ0) is 37.0. The lowest BCUT2D eigenvalue weighted by Crippen LogP contribution is -2.10. The Bertz CT molecular complexity index is 3240. The van der Waals surface area contributed by atoms with E-state index in [9.17, 15) is 0 Å². The SMILES string of the molecule is c1ccc(-c2cccc(N(c3ccccc3)c3cc(-c4cc5ccccc5c5c4ccc4ccc6nc(-c7ccccc7)oc6c45)cc4ccccc34)c2)cc1. The lowest BCUT2D eigenvalue weighted by Gasteiger charge is -2.28. The molecule has 262 valence electrons. The summed E-state index contributed by atoms with van der Waals surface area (Å²) in [6, 6.07) is 73.6. The van der Waals surface area contributed by atoms with Crippen molar-refractivity contribution in [3.63, 3.8) is 0 Å². The molecule has 0 bridgehead atoms. The van der Waals surface area contributed by atoms with E-state index in [1.165, 1.54) is 49.0 Å². The highest BCUT2D eigenvalue weighted by atomic mass is 16.3. The Morgan fingerprint density at radius 3 is 1.79 bits per heavy atom. The van der Waals surface area contributed by atoms with Gasteiger partial charge in [-0.3, -0.25) is 0 Å². The minimum absolute atomic E-state index is 0.627. The van der Waals surface area contributed by atoms with E-state index in [1.54, 1.807) is 0 Å². The second-order valence-corrected chi connectivity index (χ2v) is 14.3. The van der Waals surface area contributed by atoms with Gasteiger partial charge in [-0.25, -0.2) is 4.98 Å². The number of aromatic nitrogens is 1. The molecule has 0 fully saturated rings. The Labute approximate surface area is 324 Å². The van der Waals surface area contributed by atoms with Crippen LogP contribution in [-0.2, 0) is 0 Å². The number of nitrogens with zero attached hydrogens (tertiary/aromatic N) is 2. The van der Waals surface area contributed by atoms with E-state index in [2.05, 4.69) is 181 Å². The topological polar surface area (TPSA) is 29.3 Å². The number of hydrogen-bond donors (Lipinski definition) is 0.